The van der Waals surface area contributed by atoms with Crippen molar-refractivity contribution in [3.05, 3.63) is 58.1 Å². The van der Waals surface area contributed by atoms with Gasteiger partial charge in [0.05, 0.1) is 45.9 Å². The third-order valence-electron chi connectivity index (χ3n) is 5.33. The Kier molecular flexibility index (Phi) is 5.77. The Hall–Kier alpha value is -3.93. The predicted octanol–water partition coefficient (Wildman–Crippen LogP) is 2.14. The van der Waals surface area contributed by atoms with Crippen LogP contribution in [0.1, 0.15) is 38.1 Å². The minimum Gasteiger partial charge on any atom is -0.318 e. The highest BCUT2D eigenvalue weighted by molar-refractivity contribution is 6.31. The maximum absolute atomic E-state index is 12.9. The quantitative estimate of drug-likeness (QED) is 0.444. The van der Waals surface area contributed by atoms with E-state index in [2.05, 4.69) is 31.0 Å². The molecule has 0 aromatic carbocycles. The maximum Gasteiger partial charge on any atom is 0.276 e. The number of halogens is 1. The number of nitrogens with zero attached hydrogens (tertiary/aromatic N) is 8. The molecule has 0 aliphatic rings. The molecule has 0 aliphatic heterocycles. The summed E-state index contributed by atoms with van der Waals surface area (Å²) in [6.07, 6.45) is 4.64. The zero-order chi connectivity index (χ0) is 23.9. The number of aryl methyl sites for hydroxylation is 3. The smallest absolute Gasteiger partial charge is 0.276 e. The summed E-state index contributed by atoms with van der Waals surface area (Å²) in [6.45, 7) is 5.83. The molecule has 33 heavy (non-hydrogen) atoms. The average molecular weight is 471 g/mol. The minimum absolute atomic E-state index is 0.181. The van der Waals surface area contributed by atoms with Gasteiger partial charge in [-0.05, 0) is 26.8 Å². The van der Waals surface area contributed by atoms with Gasteiger partial charge in [0.15, 0.2) is 5.69 Å². The zero-order valence-electron chi connectivity index (χ0n) is 18.8. The first-order chi connectivity index (χ1) is 15.7. The topological polar surface area (TPSA) is 129 Å². The van der Waals surface area contributed by atoms with E-state index in [1.54, 1.807) is 46.6 Å². The summed E-state index contributed by atoms with van der Waals surface area (Å²) in [7, 11) is 3.40. The van der Waals surface area contributed by atoms with Crippen LogP contribution in [0.5, 0.6) is 0 Å². The Balaban J connectivity index is 1.49. The van der Waals surface area contributed by atoms with E-state index in [0.717, 1.165) is 17.1 Å². The Morgan fingerprint density at radius 3 is 2.24 bits per heavy atom. The van der Waals surface area contributed by atoms with Gasteiger partial charge in [0.1, 0.15) is 12.4 Å². The second kappa shape index (κ2) is 8.54. The number of amides is 2. The molecule has 12 nitrogen and oxygen atoms in total. The number of aromatic nitrogens is 8. The van der Waals surface area contributed by atoms with Gasteiger partial charge in [-0.3, -0.25) is 23.6 Å². The van der Waals surface area contributed by atoms with Crippen molar-refractivity contribution in [2.45, 2.75) is 27.4 Å². The first kappa shape index (κ1) is 22.3. The summed E-state index contributed by atoms with van der Waals surface area (Å²) in [5, 5.41) is 23.0. The fraction of sp³-hybridized carbons (Fsp3) is 0.300. The molecule has 172 valence electrons. The highest BCUT2D eigenvalue weighted by atomic mass is 35.5. The van der Waals surface area contributed by atoms with Crippen LogP contribution in [0, 0.1) is 20.8 Å². The molecule has 0 saturated heterocycles. The molecule has 4 aromatic heterocycles. The molecule has 0 spiro atoms. The summed E-state index contributed by atoms with van der Waals surface area (Å²) in [4.78, 5) is 25.7. The summed E-state index contributed by atoms with van der Waals surface area (Å²) < 4.78 is 6.32. The van der Waals surface area contributed by atoms with Crippen LogP contribution >= 0.6 is 11.6 Å². The van der Waals surface area contributed by atoms with Gasteiger partial charge >= 0.3 is 0 Å². The van der Waals surface area contributed by atoms with Crippen LogP contribution in [0.4, 0.5) is 11.4 Å². The lowest BCUT2D eigenvalue weighted by atomic mass is 10.3. The second-order valence-electron chi connectivity index (χ2n) is 7.57. The number of carbonyl (C=O) groups is 2. The Morgan fingerprint density at radius 1 is 0.939 bits per heavy atom. The van der Waals surface area contributed by atoms with Crippen LogP contribution < -0.4 is 10.6 Å². The van der Waals surface area contributed by atoms with Gasteiger partial charge < -0.3 is 10.6 Å². The van der Waals surface area contributed by atoms with E-state index in [0.29, 0.717) is 17.4 Å². The third kappa shape index (κ3) is 4.24. The Bertz CT molecular complexity index is 1360. The molecular weight excluding hydrogens is 448 g/mol. The molecule has 0 fully saturated rings. The van der Waals surface area contributed by atoms with E-state index in [1.807, 2.05) is 20.8 Å². The molecule has 4 rings (SSSR count). The standard InChI is InChI=1S/C20H23ClN10O2/c1-11-17(21)13(3)31(26-11)10-30-7-6-14(27-30)19(32)25-16-9-23-29(5)18(16)20(33)24-15-8-22-28(4)12(15)2/h6-9H,10H2,1-5H3,(H,24,33)(H,25,32). The van der Waals surface area contributed by atoms with Gasteiger partial charge in [-0.15, -0.1) is 0 Å². The number of hydrogen-bond acceptors (Lipinski definition) is 6. The molecule has 4 heterocycles. The van der Waals surface area contributed by atoms with E-state index >= 15 is 0 Å². The van der Waals surface area contributed by atoms with Gasteiger partial charge in [-0.1, -0.05) is 11.6 Å². The summed E-state index contributed by atoms with van der Waals surface area (Å²) in [5.41, 5.74) is 3.55. The number of hydrogen-bond donors (Lipinski definition) is 2. The monoisotopic (exact) mass is 470 g/mol. The number of carbonyl (C=O) groups excluding carboxylic acids is 2. The van der Waals surface area contributed by atoms with Gasteiger partial charge in [-0.25, -0.2) is 4.68 Å². The van der Waals surface area contributed by atoms with Crippen LogP contribution in [0.25, 0.3) is 0 Å². The molecule has 0 saturated carbocycles. The Morgan fingerprint density at radius 2 is 1.61 bits per heavy atom. The molecule has 0 atom stereocenters. The average Bonchev–Trinajstić information content (AvgIpc) is 3.52. The van der Waals surface area contributed by atoms with Crippen molar-refractivity contribution in [3.8, 4) is 0 Å². The van der Waals surface area contributed by atoms with Gasteiger partial charge in [0.2, 0.25) is 0 Å². The van der Waals surface area contributed by atoms with E-state index in [1.165, 1.54) is 10.9 Å². The lowest BCUT2D eigenvalue weighted by molar-refractivity contribution is 0.101. The third-order valence-corrected chi connectivity index (χ3v) is 5.88. The first-order valence-electron chi connectivity index (χ1n) is 10.0. The van der Waals surface area contributed by atoms with Crippen LogP contribution in [-0.4, -0.2) is 50.9 Å². The van der Waals surface area contributed by atoms with Crippen molar-refractivity contribution in [2.24, 2.45) is 14.1 Å². The fourth-order valence-corrected chi connectivity index (χ4v) is 3.43. The molecule has 0 bridgehead atoms. The molecule has 0 aliphatic carbocycles. The highest BCUT2D eigenvalue weighted by Crippen LogP contribution is 2.20. The number of anilines is 2. The van der Waals surface area contributed by atoms with Crippen molar-refractivity contribution < 1.29 is 9.59 Å². The second-order valence-corrected chi connectivity index (χ2v) is 7.95. The van der Waals surface area contributed by atoms with Crippen LogP contribution in [0.2, 0.25) is 5.02 Å². The van der Waals surface area contributed by atoms with Crippen LogP contribution in [-0.2, 0) is 20.8 Å². The Labute approximate surface area is 194 Å². The van der Waals surface area contributed by atoms with Crippen molar-refractivity contribution >= 4 is 34.8 Å². The molecule has 0 radical (unpaired) electrons. The van der Waals surface area contributed by atoms with Crippen LogP contribution in [0.3, 0.4) is 0 Å². The van der Waals surface area contributed by atoms with Gasteiger partial charge in [-0.2, -0.15) is 20.4 Å². The predicted molar refractivity (Wildman–Crippen MR) is 121 cm³/mol. The van der Waals surface area contributed by atoms with Crippen molar-refractivity contribution in [1.82, 2.24) is 39.1 Å². The van der Waals surface area contributed by atoms with Gasteiger partial charge in [0.25, 0.3) is 11.8 Å². The van der Waals surface area contributed by atoms with E-state index in [4.69, 9.17) is 11.6 Å². The van der Waals surface area contributed by atoms with Crippen molar-refractivity contribution in [1.29, 1.82) is 0 Å². The molecular formula is C20H23ClN10O2. The van der Waals surface area contributed by atoms with Crippen molar-refractivity contribution in [2.75, 3.05) is 10.6 Å². The highest BCUT2D eigenvalue weighted by Gasteiger charge is 2.21. The fourth-order valence-electron chi connectivity index (χ4n) is 3.30. The normalized spacial score (nSPS) is 11.1. The minimum atomic E-state index is -0.472. The number of rotatable bonds is 6. The molecule has 2 amide bonds. The van der Waals surface area contributed by atoms with E-state index in [-0.39, 0.29) is 17.1 Å². The maximum atomic E-state index is 12.9. The summed E-state index contributed by atoms with van der Waals surface area (Å²) in [6, 6.07) is 1.58. The van der Waals surface area contributed by atoms with Gasteiger partial charge in [0, 0.05) is 20.3 Å². The first-order valence-corrected chi connectivity index (χ1v) is 10.4. The molecule has 13 heteroatoms. The summed E-state index contributed by atoms with van der Waals surface area (Å²) in [5.74, 6) is -0.895. The molecule has 0 unspecified atom stereocenters. The largest absolute Gasteiger partial charge is 0.318 e. The van der Waals surface area contributed by atoms with E-state index < -0.39 is 11.8 Å². The van der Waals surface area contributed by atoms with Crippen molar-refractivity contribution in [3.63, 3.8) is 0 Å². The molecule has 2 N–H and O–H groups in total. The zero-order valence-corrected chi connectivity index (χ0v) is 19.5. The van der Waals surface area contributed by atoms with E-state index in [9.17, 15) is 9.59 Å². The van der Waals surface area contributed by atoms with Crippen LogP contribution in [0.15, 0.2) is 24.7 Å². The SMILES string of the molecule is Cc1nn(Cn2ccc(C(=O)Nc3cnn(C)c3C(=O)Nc3cnn(C)c3C)n2)c(C)c1Cl. The number of nitrogens with one attached hydrogen (secondary N) is 2. The lowest BCUT2D eigenvalue weighted by Gasteiger charge is -2.08. The molecule has 4 aromatic rings. The summed E-state index contributed by atoms with van der Waals surface area (Å²) >= 11 is 6.19. The lowest BCUT2D eigenvalue weighted by Crippen LogP contribution is -2.21.